The number of methoxy groups -OCH3 is 1. The highest BCUT2D eigenvalue weighted by Gasteiger charge is 2.73. The second kappa shape index (κ2) is 20.5. The van der Waals surface area contributed by atoms with Gasteiger partial charge in [-0.25, -0.2) is 0 Å². The second-order valence-electron chi connectivity index (χ2n) is 14.1. The zero-order valence-electron chi connectivity index (χ0n) is 29.6. The zero-order chi connectivity index (χ0) is 35.1. The molecular formula is C40H61NO8. The molecule has 9 heteroatoms. The number of carbonyl (C=O) groups is 1. The molecule has 1 heterocycles. The van der Waals surface area contributed by atoms with Gasteiger partial charge in [-0.2, -0.15) is 0 Å². The molecular weight excluding hydrogens is 622 g/mol. The van der Waals surface area contributed by atoms with Crippen LogP contribution in [0.5, 0.6) is 0 Å². The molecule has 1 aliphatic carbocycles. The van der Waals surface area contributed by atoms with Crippen LogP contribution in [0.3, 0.4) is 0 Å². The van der Waals surface area contributed by atoms with Crippen molar-refractivity contribution in [2.75, 3.05) is 20.3 Å². The fraction of sp³-hybridized carbons (Fsp3) is 0.675. The Kier molecular flexibility index (Phi) is 16.5. The number of aliphatic hydroxyl groups excluding tert-OH is 3. The quantitative estimate of drug-likeness (QED) is 0.0901. The first kappa shape index (κ1) is 39.4. The average Bonchev–Trinajstić information content (AvgIpc) is 3.72. The zero-order valence-corrected chi connectivity index (χ0v) is 29.6. The van der Waals surface area contributed by atoms with Crippen molar-refractivity contribution in [1.29, 1.82) is 0 Å². The van der Waals surface area contributed by atoms with Crippen LogP contribution in [-0.2, 0) is 19.0 Å². The van der Waals surface area contributed by atoms with Crippen LogP contribution in [0.1, 0.15) is 114 Å². The Labute approximate surface area is 293 Å². The van der Waals surface area contributed by atoms with Crippen molar-refractivity contribution < 1.29 is 39.4 Å². The summed E-state index contributed by atoms with van der Waals surface area (Å²) in [5.74, 6) is -1.45. The third-order valence-corrected chi connectivity index (χ3v) is 10.4. The highest BCUT2D eigenvalue weighted by molar-refractivity contribution is 5.87. The maximum atomic E-state index is 14.0. The van der Waals surface area contributed by atoms with Crippen molar-refractivity contribution in [3.63, 3.8) is 0 Å². The molecule has 8 atom stereocenters. The molecule has 4 rings (SSSR count). The van der Waals surface area contributed by atoms with E-state index in [4.69, 9.17) is 14.2 Å². The van der Waals surface area contributed by atoms with Crippen LogP contribution in [0.25, 0.3) is 0 Å². The number of ether oxygens (including phenoxy) is 3. The minimum absolute atomic E-state index is 0.130. The molecule has 2 aromatic carbocycles. The maximum absolute atomic E-state index is 14.0. The average molecular weight is 684 g/mol. The predicted molar refractivity (Wildman–Crippen MR) is 190 cm³/mol. The molecule has 274 valence electrons. The van der Waals surface area contributed by atoms with Crippen LogP contribution in [0.4, 0.5) is 0 Å². The van der Waals surface area contributed by atoms with Gasteiger partial charge in [-0.05, 0) is 17.5 Å². The molecule has 49 heavy (non-hydrogen) atoms. The van der Waals surface area contributed by atoms with Gasteiger partial charge in [-0.3, -0.25) is 4.79 Å². The summed E-state index contributed by atoms with van der Waals surface area (Å²) in [6.45, 7) is 1.59. The van der Waals surface area contributed by atoms with Crippen molar-refractivity contribution in [2.45, 2.75) is 145 Å². The molecule has 0 aromatic heterocycles. The molecule has 2 aliphatic rings. The molecule has 1 saturated carbocycles. The van der Waals surface area contributed by atoms with E-state index in [-0.39, 0.29) is 12.5 Å². The normalized spacial score (nSPS) is 25.9. The largest absolute Gasteiger partial charge is 0.393 e. The van der Waals surface area contributed by atoms with Crippen LogP contribution in [0, 0.1) is 5.92 Å². The summed E-state index contributed by atoms with van der Waals surface area (Å²) in [5.41, 5.74) is 0.141. The van der Waals surface area contributed by atoms with Gasteiger partial charge in [-0.15, -0.1) is 0 Å². The number of hydrogen-bond donors (Lipinski definition) is 5. The predicted octanol–water partition coefficient (Wildman–Crippen LogP) is 5.62. The lowest BCUT2D eigenvalue weighted by Crippen LogP contribution is -2.52. The molecule has 2 aromatic rings. The highest BCUT2D eigenvalue weighted by Crippen LogP contribution is 2.53. The first-order valence-electron chi connectivity index (χ1n) is 18.7. The topological polar surface area (TPSA) is 138 Å². The Morgan fingerprint density at radius 1 is 0.857 bits per heavy atom. The van der Waals surface area contributed by atoms with Crippen LogP contribution in [-0.4, -0.2) is 89.0 Å². The summed E-state index contributed by atoms with van der Waals surface area (Å²) in [6.07, 6.45) is 11.6. The summed E-state index contributed by atoms with van der Waals surface area (Å²) < 4.78 is 17.4. The van der Waals surface area contributed by atoms with Gasteiger partial charge in [0.15, 0.2) is 6.29 Å². The minimum Gasteiger partial charge on any atom is -0.393 e. The van der Waals surface area contributed by atoms with E-state index in [1.54, 1.807) is 0 Å². The lowest BCUT2D eigenvalue weighted by molar-refractivity contribution is -0.254. The van der Waals surface area contributed by atoms with Gasteiger partial charge in [0, 0.05) is 7.11 Å². The van der Waals surface area contributed by atoms with E-state index >= 15 is 0 Å². The SMILES string of the molecule is CCCCCCCCCCCCCCCC(O)C(COC1OC2C(C(OC)C1O)C2(O)CO)NC(=O)C(c1ccccc1)c1ccccc1. The van der Waals surface area contributed by atoms with Crippen molar-refractivity contribution in [1.82, 2.24) is 5.32 Å². The van der Waals surface area contributed by atoms with E-state index in [0.717, 1.165) is 30.4 Å². The number of rotatable bonds is 24. The van der Waals surface area contributed by atoms with Gasteiger partial charge >= 0.3 is 0 Å². The molecule has 9 nitrogen and oxygen atoms in total. The van der Waals surface area contributed by atoms with E-state index in [1.807, 2.05) is 60.7 Å². The van der Waals surface area contributed by atoms with Gasteiger partial charge < -0.3 is 40.0 Å². The van der Waals surface area contributed by atoms with E-state index < -0.39 is 60.8 Å². The number of nitrogens with one attached hydrogen (secondary N) is 1. The highest BCUT2D eigenvalue weighted by atomic mass is 16.7. The molecule has 5 N–H and O–H groups in total. The summed E-state index contributed by atoms with van der Waals surface area (Å²) in [7, 11) is 1.43. The molecule has 0 radical (unpaired) electrons. The molecule has 0 spiro atoms. The van der Waals surface area contributed by atoms with Gasteiger partial charge in [0.25, 0.3) is 0 Å². The Morgan fingerprint density at radius 3 is 1.86 bits per heavy atom. The Bertz CT molecular complexity index is 1160. The number of amides is 1. The number of fused-ring (bicyclic) bond motifs is 1. The fourth-order valence-electron chi connectivity index (χ4n) is 7.36. The Morgan fingerprint density at radius 2 is 1.37 bits per heavy atom. The molecule has 1 amide bonds. The van der Waals surface area contributed by atoms with Crippen LogP contribution in [0.2, 0.25) is 0 Å². The van der Waals surface area contributed by atoms with Crippen molar-refractivity contribution in [2.24, 2.45) is 5.92 Å². The lowest BCUT2D eigenvalue weighted by Gasteiger charge is -2.34. The Balaban J connectivity index is 1.33. The smallest absolute Gasteiger partial charge is 0.232 e. The van der Waals surface area contributed by atoms with Crippen molar-refractivity contribution in [3.05, 3.63) is 71.8 Å². The second-order valence-corrected chi connectivity index (χ2v) is 14.1. The first-order chi connectivity index (χ1) is 23.8. The third kappa shape index (κ3) is 11.1. The number of unbranched alkanes of at least 4 members (excludes halogenated alkanes) is 12. The first-order valence-corrected chi connectivity index (χ1v) is 18.7. The summed E-state index contributed by atoms with van der Waals surface area (Å²) in [5, 5.41) is 46.0. The molecule has 1 aliphatic heterocycles. The molecule has 0 bridgehead atoms. The van der Waals surface area contributed by atoms with Crippen LogP contribution in [0.15, 0.2) is 60.7 Å². The number of benzene rings is 2. The van der Waals surface area contributed by atoms with Gasteiger partial charge in [-0.1, -0.05) is 151 Å². The van der Waals surface area contributed by atoms with E-state index in [2.05, 4.69) is 12.2 Å². The van der Waals surface area contributed by atoms with E-state index in [1.165, 1.54) is 71.3 Å². The lowest BCUT2D eigenvalue weighted by atomic mass is 9.90. The van der Waals surface area contributed by atoms with E-state index in [9.17, 15) is 25.2 Å². The fourth-order valence-corrected chi connectivity index (χ4v) is 7.36. The molecule has 1 saturated heterocycles. The van der Waals surface area contributed by atoms with Gasteiger partial charge in [0.1, 0.15) is 17.8 Å². The summed E-state index contributed by atoms with van der Waals surface area (Å²) in [6, 6.07) is 18.3. The van der Waals surface area contributed by atoms with Crippen LogP contribution < -0.4 is 5.32 Å². The Hall–Kier alpha value is -2.37. The van der Waals surface area contributed by atoms with E-state index in [0.29, 0.717) is 6.42 Å². The number of carbonyl (C=O) groups excluding carboxylic acids is 1. The number of aliphatic hydroxyl groups is 4. The number of hydrogen-bond acceptors (Lipinski definition) is 8. The van der Waals surface area contributed by atoms with Crippen molar-refractivity contribution >= 4 is 5.91 Å². The van der Waals surface area contributed by atoms with Gasteiger partial charge in [0.05, 0.1) is 43.3 Å². The van der Waals surface area contributed by atoms with Crippen molar-refractivity contribution in [3.8, 4) is 0 Å². The van der Waals surface area contributed by atoms with Gasteiger partial charge in [0.2, 0.25) is 5.91 Å². The third-order valence-electron chi connectivity index (χ3n) is 10.4. The molecule has 8 unspecified atom stereocenters. The maximum Gasteiger partial charge on any atom is 0.232 e. The standard InChI is InChI=1S/C40H61NO8/c1-3-4-5-6-7-8-9-10-11-12-13-14-21-26-32(43)31(27-48-39-35(44)36(47-2)34-37(49-39)40(34,46)28-42)41-38(45)33(29-22-17-15-18-23-29)30-24-19-16-20-25-30/h15-20,22-25,31-37,39,42-44,46H,3-14,21,26-28H2,1-2H3,(H,41,45). The molecule has 2 fully saturated rings. The van der Waals surface area contributed by atoms with Crippen LogP contribution >= 0.6 is 0 Å². The summed E-state index contributed by atoms with van der Waals surface area (Å²) in [4.78, 5) is 14.0. The monoisotopic (exact) mass is 683 g/mol. The summed E-state index contributed by atoms with van der Waals surface area (Å²) >= 11 is 0. The minimum atomic E-state index is -1.51.